The summed E-state index contributed by atoms with van der Waals surface area (Å²) >= 11 is 5.64. The number of hydrogen-bond donors (Lipinski definition) is 0. The van der Waals surface area contributed by atoms with E-state index in [-0.39, 0.29) is 0 Å². The third kappa shape index (κ3) is 2.11. The molecule has 0 bridgehead atoms. The maximum Gasteiger partial charge on any atom is 0.149 e. The molecule has 62 valence electrons. The first-order chi connectivity index (χ1) is 5.74. The molecule has 1 heterocycles. The first-order valence-corrected chi connectivity index (χ1v) is 3.74. The van der Waals surface area contributed by atoms with Crippen molar-refractivity contribution in [3.63, 3.8) is 0 Å². The van der Waals surface area contributed by atoms with E-state index in [1.54, 1.807) is 11.1 Å². The highest BCUT2D eigenvalue weighted by Crippen LogP contribution is 2.09. The highest BCUT2D eigenvalue weighted by molar-refractivity contribution is 6.29. The lowest BCUT2D eigenvalue weighted by atomic mass is 10.5. The van der Waals surface area contributed by atoms with E-state index in [0.29, 0.717) is 17.5 Å². The standard InChI is InChI=1S/C8H8ClN3/c1-3-4-12(2)8-6-10-5-7(9)11-8/h1,5-6H,4H2,2H3. The van der Waals surface area contributed by atoms with Crippen LogP contribution in [-0.4, -0.2) is 23.6 Å². The second kappa shape index (κ2) is 3.93. The monoisotopic (exact) mass is 181 g/mol. The molecule has 0 saturated heterocycles. The topological polar surface area (TPSA) is 29.0 Å². The minimum Gasteiger partial charge on any atom is -0.347 e. The summed E-state index contributed by atoms with van der Waals surface area (Å²) in [6.07, 6.45) is 8.23. The van der Waals surface area contributed by atoms with Crippen molar-refractivity contribution in [3.8, 4) is 12.3 Å². The maximum atomic E-state index is 5.64. The molecule has 3 nitrogen and oxygen atoms in total. The Morgan fingerprint density at radius 1 is 1.67 bits per heavy atom. The van der Waals surface area contributed by atoms with Crippen molar-refractivity contribution >= 4 is 17.4 Å². The van der Waals surface area contributed by atoms with Gasteiger partial charge in [0, 0.05) is 7.05 Å². The Hall–Kier alpha value is -1.27. The van der Waals surface area contributed by atoms with Gasteiger partial charge in [0.2, 0.25) is 0 Å². The number of terminal acetylenes is 1. The molecule has 0 aliphatic heterocycles. The average molecular weight is 182 g/mol. The fraction of sp³-hybridized carbons (Fsp3) is 0.250. The molecule has 0 radical (unpaired) electrons. The largest absolute Gasteiger partial charge is 0.347 e. The lowest BCUT2D eigenvalue weighted by Crippen LogP contribution is -2.18. The van der Waals surface area contributed by atoms with Crippen LogP contribution in [0.2, 0.25) is 5.15 Å². The third-order valence-electron chi connectivity index (χ3n) is 1.31. The highest BCUT2D eigenvalue weighted by Gasteiger charge is 2.00. The summed E-state index contributed by atoms with van der Waals surface area (Å²) in [5.41, 5.74) is 0. The molecule has 1 aromatic rings. The Kier molecular flexibility index (Phi) is 2.89. The van der Waals surface area contributed by atoms with Gasteiger partial charge in [-0.15, -0.1) is 6.42 Å². The zero-order valence-electron chi connectivity index (χ0n) is 6.66. The van der Waals surface area contributed by atoms with Gasteiger partial charge in [-0.2, -0.15) is 0 Å². The third-order valence-corrected chi connectivity index (χ3v) is 1.49. The van der Waals surface area contributed by atoms with Crippen molar-refractivity contribution < 1.29 is 0 Å². The van der Waals surface area contributed by atoms with Crippen LogP contribution in [0, 0.1) is 12.3 Å². The van der Waals surface area contributed by atoms with Crippen LogP contribution in [0.15, 0.2) is 12.4 Å². The van der Waals surface area contributed by atoms with Crippen molar-refractivity contribution in [3.05, 3.63) is 17.5 Å². The summed E-state index contributed by atoms with van der Waals surface area (Å²) in [4.78, 5) is 9.70. The second-order valence-corrected chi connectivity index (χ2v) is 2.65. The molecule has 0 saturated carbocycles. The SMILES string of the molecule is C#CCN(C)c1cncc(Cl)n1. The van der Waals surface area contributed by atoms with Gasteiger partial charge >= 0.3 is 0 Å². The molecule has 0 spiro atoms. The van der Waals surface area contributed by atoms with Crippen LogP contribution in [0.25, 0.3) is 0 Å². The molecule has 0 atom stereocenters. The molecule has 12 heavy (non-hydrogen) atoms. The zero-order valence-corrected chi connectivity index (χ0v) is 7.41. The van der Waals surface area contributed by atoms with Crippen LogP contribution in [-0.2, 0) is 0 Å². The number of hydrogen-bond acceptors (Lipinski definition) is 3. The fourth-order valence-corrected chi connectivity index (χ4v) is 0.877. The number of halogens is 1. The molecule has 4 heteroatoms. The summed E-state index contributed by atoms with van der Waals surface area (Å²) in [5, 5.41) is 0.372. The fourth-order valence-electron chi connectivity index (χ4n) is 0.734. The first kappa shape index (κ1) is 8.82. The minimum absolute atomic E-state index is 0.372. The lowest BCUT2D eigenvalue weighted by Gasteiger charge is -2.13. The normalized spacial score (nSPS) is 9.08. The molecule has 1 aromatic heterocycles. The number of aromatic nitrogens is 2. The van der Waals surface area contributed by atoms with Gasteiger partial charge in [0.15, 0.2) is 0 Å². The van der Waals surface area contributed by atoms with Crippen LogP contribution in [0.5, 0.6) is 0 Å². The van der Waals surface area contributed by atoms with Crippen molar-refractivity contribution in [2.75, 3.05) is 18.5 Å². The zero-order chi connectivity index (χ0) is 8.97. The highest BCUT2D eigenvalue weighted by atomic mass is 35.5. The van der Waals surface area contributed by atoms with E-state index in [4.69, 9.17) is 18.0 Å². The van der Waals surface area contributed by atoms with Gasteiger partial charge in [-0.3, -0.25) is 4.98 Å². The summed E-state index contributed by atoms with van der Waals surface area (Å²) < 4.78 is 0. The van der Waals surface area contributed by atoms with Crippen molar-refractivity contribution in [2.45, 2.75) is 0 Å². The van der Waals surface area contributed by atoms with Gasteiger partial charge in [-0.05, 0) is 0 Å². The van der Waals surface area contributed by atoms with E-state index >= 15 is 0 Å². The molecular weight excluding hydrogens is 174 g/mol. The average Bonchev–Trinajstić information content (AvgIpc) is 2.05. The Morgan fingerprint density at radius 3 is 3.00 bits per heavy atom. The smallest absolute Gasteiger partial charge is 0.149 e. The molecule has 0 amide bonds. The van der Waals surface area contributed by atoms with Gasteiger partial charge in [0.1, 0.15) is 11.0 Å². The second-order valence-electron chi connectivity index (χ2n) is 2.26. The number of anilines is 1. The number of rotatable bonds is 2. The molecule has 0 unspecified atom stereocenters. The molecule has 0 aliphatic rings. The van der Waals surface area contributed by atoms with E-state index in [0.717, 1.165) is 0 Å². The van der Waals surface area contributed by atoms with Crippen molar-refractivity contribution in [2.24, 2.45) is 0 Å². The lowest BCUT2D eigenvalue weighted by molar-refractivity contribution is 0.989. The van der Waals surface area contributed by atoms with E-state index < -0.39 is 0 Å². The number of nitrogens with zero attached hydrogens (tertiary/aromatic N) is 3. The summed E-state index contributed by atoms with van der Waals surface area (Å²) in [6, 6.07) is 0. The van der Waals surface area contributed by atoms with E-state index in [1.807, 2.05) is 7.05 Å². The van der Waals surface area contributed by atoms with Crippen LogP contribution in [0.3, 0.4) is 0 Å². The van der Waals surface area contributed by atoms with Gasteiger partial charge < -0.3 is 4.90 Å². The van der Waals surface area contributed by atoms with E-state index in [9.17, 15) is 0 Å². The van der Waals surface area contributed by atoms with Crippen LogP contribution >= 0.6 is 11.6 Å². The molecule has 0 aliphatic carbocycles. The van der Waals surface area contributed by atoms with E-state index in [2.05, 4.69) is 15.9 Å². The Morgan fingerprint density at radius 2 is 2.42 bits per heavy atom. The van der Waals surface area contributed by atoms with Gasteiger partial charge in [0.05, 0.1) is 18.9 Å². The molecule has 0 aromatic carbocycles. The Bertz CT molecular complexity index is 305. The predicted octanol–water partition coefficient (Wildman–Crippen LogP) is 1.20. The van der Waals surface area contributed by atoms with Gasteiger partial charge in [-0.1, -0.05) is 17.5 Å². The van der Waals surface area contributed by atoms with E-state index in [1.165, 1.54) is 6.20 Å². The summed E-state index contributed by atoms with van der Waals surface area (Å²) in [6.45, 7) is 0.495. The van der Waals surface area contributed by atoms with Crippen molar-refractivity contribution in [1.82, 2.24) is 9.97 Å². The minimum atomic E-state index is 0.372. The first-order valence-electron chi connectivity index (χ1n) is 3.36. The van der Waals surface area contributed by atoms with Crippen LogP contribution in [0.4, 0.5) is 5.82 Å². The Balaban J connectivity index is 2.82. The Labute approximate surface area is 76.4 Å². The summed E-state index contributed by atoms with van der Waals surface area (Å²) in [5.74, 6) is 3.18. The van der Waals surface area contributed by atoms with Gasteiger partial charge in [-0.25, -0.2) is 4.98 Å². The summed E-state index contributed by atoms with van der Waals surface area (Å²) in [7, 11) is 1.83. The molecule has 1 rings (SSSR count). The quantitative estimate of drug-likeness (QED) is 0.642. The van der Waals surface area contributed by atoms with Gasteiger partial charge in [0.25, 0.3) is 0 Å². The van der Waals surface area contributed by atoms with Crippen LogP contribution in [0.1, 0.15) is 0 Å². The predicted molar refractivity (Wildman–Crippen MR) is 49.1 cm³/mol. The van der Waals surface area contributed by atoms with Crippen LogP contribution < -0.4 is 4.90 Å². The molecular formula is C8H8ClN3. The van der Waals surface area contributed by atoms with Crippen molar-refractivity contribution in [1.29, 1.82) is 0 Å². The molecule has 0 N–H and O–H groups in total. The molecule has 0 fully saturated rings. The maximum absolute atomic E-state index is 5.64.